The second-order valence-electron chi connectivity index (χ2n) is 3.91. The van der Waals surface area contributed by atoms with E-state index < -0.39 is 6.10 Å². The van der Waals surface area contributed by atoms with E-state index in [1.54, 1.807) is 30.1 Å². The van der Waals surface area contributed by atoms with Crippen LogP contribution in [0.3, 0.4) is 0 Å². The Morgan fingerprint density at radius 3 is 2.94 bits per heavy atom. The maximum Gasteiger partial charge on any atom is 0.263 e. The topological polar surface area (TPSA) is 53.3 Å². The van der Waals surface area contributed by atoms with Crippen molar-refractivity contribution < 1.29 is 9.53 Å². The molecular formula is C12H11BrN2O2. The Morgan fingerprint density at radius 1 is 1.59 bits per heavy atom. The van der Waals surface area contributed by atoms with Gasteiger partial charge in [-0.2, -0.15) is 5.26 Å². The summed E-state index contributed by atoms with van der Waals surface area (Å²) >= 11 is 3.29. The first-order valence-electron chi connectivity index (χ1n) is 5.23. The number of likely N-dealkylation sites (N-methyl/N-ethyl adjacent to an activating group) is 1. The number of carbonyl (C=O) groups is 1. The van der Waals surface area contributed by atoms with Crippen LogP contribution in [0.15, 0.2) is 22.7 Å². The van der Waals surface area contributed by atoms with Crippen LogP contribution in [0, 0.1) is 11.3 Å². The number of carbonyl (C=O) groups excluding carboxylic acids is 1. The van der Waals surface area contributed by atoms with Crippen LogP contribution in [0.4, 0.5) is 0 Å². The number of halogens is 1. The molecule has 1 saturated heterocycles. The third-order valence-corrected chi connectivity index (χ3v) is 3.20. The van der Waals surface area contributed by atoms with E-state index in [-0.39, 0.29) is 5.91 Å². The number of nitriles is 1. The number of likely N-dealkylation sites (tertiary alicyclic amines) is 1. The van der Waals surface area contributed by atoms with Gasteiger partial charge in [0.1, 0.15) is 11.8 Å². The van der Waals surface area contributed by atoms with Crippen LogP contribution in [-0.4, -0.2) is 30.5 Å². The van der Waals surface area contributed by atoms with Crippen LogP contribution in [0.1, 0.15) is 12.0 Å². The molecule has 5 heteroatoms. The van der Waals surface area contributed by atoms with E-state index in [0.29, 0.717) is 24.3 Å². The summed E-state index contributed by atoms with van der Waals surface area (Å²) < 4.78 is 6.42. The van der Waals surface area contributed by atoms with Crippen molar-refractivity contribution in [3.05, 3.63) is 28.2 Å². The molecule has 0 aromatic heterocycles. The van der Waals surface area contributed by atoms with Crippen molar-refractivity contribution in [3.63, 3.8) is 0 Å². The fourth-order valence-corrected chi connectivity index (χ4v) is 2.11. The lowest BCUT2D eigenvalue weighted by Gasteiger charge is -2.13. The van der Waals surface area contributed by atoms with Crippen molar-refractivity contribution in [2.45, 2.75) is 12.5 Å². The highest BCUT2D eigenvalue weighted by atomic mass is 79.9. The zero-order chi connectivity index (χ0) is 12.4. The molecule has 1 atom stereocenters. The smallest absolute Gasteiger partial charge is 0.263 e. The van der Waals surface area contributed by atoms with Crippen LogP contribution in [0.2, 0.25) is 0 Å². The molecule has 0 radical (unpaired) electrons. The van der Waals surface area contributed by atoms with Crippen molar-refractivity contribution in [2.24, 2.45) is 0 Å². The van der Waals surface area contributed by atoms with Gasteiger partial charge in [0.15, 0.2) is 6.10 Å². The first-order chi connectivity index (χ1) is 8.11. The van der Waals surface area contributed by atoms with E-state index in [0.717, 1.165) is 4.47 Å². The number of benzene rings is 1. The van der Waals surface area contributed by atoms with Crippen molar-refractivity contribution in [1.29, 1.82) is 5.26 Å². The van der Waals surface area contributed by atoms with E-state index in [9.17, 15) is 4.79 Å². The second-order valence-corrected chi connectivity index (χ2v) is 4.82. The van der Waals surface area contributed by atoms with Gasteiger partial charge in [0.2, 0.25) is 0 Å². The average Bonchev–Trinajstić information content (AvgIpc) is 2.63. The third kappa shape index (κ3) is 2.42. The van der Waals surface area contributed by atoms with E-state index in [1.807, 2.05) is 0 Å². The molecule has 0 saturated carbocycles. The van der Waals surface area contributed by atoms with Crippen LogP contribution < -0.4 is 4.74 Å². The zero-order valence-electron chi connectivity index (χ0n) is 9.31. The van der Waals surface area contributed by atoms with Gasteiger partial charge in [0.05, 0.1) is 5.56 Å². The monoisotopic (exact) mass is 294 g/mol. The summed E-state index contributed by atoms with van der Waals surface area (Å²) in [4.78, 5) is 13.3. The lowest BCUT2D eigenvalue weighted by Crippen LogP contribution is -2.29. The van der Waals surface area contributed by atoms with Crippen molar-refractivity contribution in [1.82, 2.24) is 4.90 Å². The van der Waals surface area contributed by atoms with Gasteiger partial charge >= 0.3 is 0 Å². The van der Waals surface area contributed by atoms with Gasteiger partial charge in [0, 0.05) is 24.5 Å². The molecule has 0 spiro atoms. The SMILES string of the molecule is CN1CCC(Oc2ccc(Br)cc2C#N)C1=O. The Morgan fingerprint density at radius 2 is 2.35 bits per heavy atom. The molecule has 1 fully saturated rings. The molecule has 1 aliphatic rings. The molecule has 17 heavy (non-hydrogen) atoms. The molecule has 1 unspecified atom stereocenters. The minimum atomic E-state index is -0.465. The number of nitrogens with zero attached hydrogens (tertiary/aromatic N) is 2. The summed E-state index contributed by atoms with van der Waals surface area (Å²) in [5.74, 6) is 0.432. The number of amides is 1. The van der Waals surface area contributed by atoms with E-state index >= 15 is 0 Å². The van der Waals surface area contributed by atoms with Crippen LogP contribution in [0.5, 0.6) is 5.75 Å². The highest BCUT2D eigenvalue weighted by Crippen LogP contribution is 2.25. The molecule has 1 aromatic carbocycles. The Bertz CT molecular complexity index is 496. The summed E-state index contributed by atoms with van der Waals surface area (Å²) in [6.45, 7) is 0.696. The lowest BCUT2D eigenvalue weighted by molar-refractivity contribution is -0.132. The molecule has 1 aliphatic heterocycles. The van der Waals surface area contributed by atoms with Gasteiger partial charge in [-0.05, 0) is 18.2 Å². The fraction of sp³-hybridized carbons (Fsp3) is 0.333. The van der Waals surface area contributed by atoms with Gasteiger partial charge < -0.3 is 9.64 Å². The minimum absolute atomic E-state index is 0.0307. The molecular weight excluding hydrogens is 284 g/mol. The Balaban J connectivity index is 2.20. The molecule has 4 nitrogen and oxygen atoms in total. The van der Waals surface area contributed by atoms with Crippen LogP contribution >= 0.6 is 15.9 Å². The summed E-state index contributed by atoms with van der Waals surface area (Å²) in [5, 5.41) is 8.99. The molecule has 88 valence electrons. The van der Waals surface area contributed by atoms with Crippen molar-refractivity contribution in [3.8, 4) is 11.8 Å². The zero-order valence-corrected chi connectivity index (χ0v) is 10.9. The maximum absolute atomic E-state index is 11.7. The van der Waals surface area contributed by atoms with Gasteiger partial charge in [0.25, 0.3) is 5.91 Å². The molecule has 0 aliphatic carbocycles. The average molecular weight is 295 g/mol. The van der Waals surface area contributed by atoms with E-state index in [1.165, 1.54) is 0 Å². The second kappa shape index (κ2) is 4.76. The van der Waals surface area contributed by atoms with Gasteiger partial charge in [-0.25, -0.2) is 0 Å². The number of hydrogen-bond donors (Lipinski definition) is 0. The first kappa shape index (κ1) is 11.9. The largest absolute Gasteiger partial charge is 0.479 e. The van der Waals surface area contributed by atoms with E-state index in [4.69, 9.17) is 10.00 Å². The van der Waals surface area contributed by atoms with E-state index in [2.05, 4.69) is 22.0 Å². The van der Waals surface area contributed by atoms with Gasteiger partial charge in [-0.1, -0.05) is 15.9 Å². The third-order valence-electron chi connectivity index (χ3n) is 2.71. The summed E-state index contributed by atoms with van der Waals surface area (Å²) in [5.41, 5.74) is 0.432. The quantitative estimate of drug-likeness (QED) is 0.837. The van der Waals surface area contributed by atoms with Crippen LogP contribution in [0.25, 0.3) is 0 Å². The normalized spacial score (nSPS) is 19.2. The Kier molecular flexibility index (Phi) is 3.34. The highest BCUT2D eigenvalue weighted by molar-refractivity contribution is 9.10. The molecule has 0 N–H and O–H groups in total. The standard InChI is InChI=1S/C12H11BrN2O2/c1-15-5-4-11(12(15)16)17-10-3-2-9(13)6-8(10)7-14/h2-3,6,11H,4-5H2,1H3. The molecule has 1 amide bonds. The molecule has 0 bridgehead atoms. The number of rotatable bonds is 2. The lowest BCUT2D eigenvalue weighted by atomic mass is 10.2. The molecule has 2 rings (SSSR count). The summed E-state index contributed by atoms with van der Waals surface area (Å²) in [7, 11) is 1.75. The minimum Gasteiger partial charge on any atom is -0.479 e. The van der Waals surface area contributed by atoms with Crippen molar-refractivity contribution >= 4 is 21.8 Å². The first-order valence-corrected chi connectivity index (χ1v) is 6.02. The summed E-state index contributed by atoms with van der Waals surface area (Å²) in [6.07, 6.45) is 0.198. The number of ether oxygens (including phenoxy) is 1. The Hall–Kier alpha value is -1.54. The number of hydrogen-bond acceptors (Lipinski definition) is 3. The van der Waals surface area contributed by atoms with Gasteiger partial charge in [-0.3, -0.25) is 4.79 Å². The maximum atomic E-state index is 11.7. The predicted molar refractivity (Wildman–Crippen MR) is 65.5 cm³/mol. The fourth-order valence-electron chi connectivity index (χ4n) is 1.75. The molecule has 1 heterocycles. The predicted octanol–water partition coefficient (Wildman–Crippen LogP) is 1.93. The van der Waals surface area contributed by atoms with Crippen molar-refractivity contribution in [2.75, 3.05) is 13.6 Å². The highest BCUT2D eigenvalue weighted by Gasteiger charge is 2.31. The van der Waals surface area contributed by atoms with Gasteiger partial charge in [-0.15, -0.1) is 0 Å². The Labute approximate surface area is 108 Å². The molecule has 1 aromatic rings. The van der Waals surface area contributed by atoms with Crippen LogP contribution in [-0.2, 0) is 4.79 Å². The summed E-state index contributed by atoms with van der Waals surface area (Å²) in [6, 6.07) is 7.23.